The van der Waals surface area contributed by atoms with Gasteiger partial charge in [0, 0.05) is 5.38 Å². The molecule has 0 amide bonds. The van der Waals surface area contributed by atoms with Gasteiger partial charge in [-0.1, -0.05) is 13.3 Å². The zero-order valence-electron chi connectivity index (χ0n) is 8.77. The Hall–Kier alpha value is -0.630. The first-order valence-electron chi connectivity index (χ1n) is 5.21. The molecule has 0 aromatic heterocycles. The molecule has 3 heteroatoms. The van der Waals surface area contributed by atoms with E-state index in [1.54, 1.807) is 0 Å². The van der Waals surface area contributed by atoms with Crippen molar-refractivity contribution < 1.29 is 8.78 Å². The summed E-state index contributed by atoms with van der Waals surface area (Å²) >= 11 is 6.01. The highest BCUT2D eigenvalue weighted by molar-refractivity contribution is 6.20. The van der Waals surface area contributed by atoms with E-state index in [4.69, 9.17) is 11.6 Å². The Bertz CT molecular complexity index is 312. The summed E-state index contributed by atoms with van der Waals surface area (Å²) in [6.07, 6.45) is 3.12. The number of rotatable bonds is 5. The normalized spacial score (nSPS) is 12.8. The summed E-state index contributed by atoms with van der Waals surface area (Å²) in [5, 5.41) is 0.0534. The van der Waals surface area contributed by atoms with Crippen LogP contribution < -0.4 is 0 Å². The summed E-state index contributed by atoms with van der Waals surface area (Å²) in [7, 11) is 0. The predicted octanol–water partition coefficient (Wildman–Crippen LogP) is 4.30. The van der Waals surface area contributed by atoms with Gasteiger partial charge in [-0.15, -0.1) is 11.6 Å². The molecule has 0 bridgehead atoms. The number of hydrogen-bond donors (Lipinski definition) is 0. The molecule has 0 saturated heterocycles. The maximum absolute atomic E-state index is 13.2. The van der Waals surface area contributed by atoms with Gasteiger partial charge in [0.15, 0.2) is 0 Å². The van der Waals surface area contributed by atoms with E-state index < -0.39 is 5.82 Å². The van der Waals surface area contributed by atoms with Crippen molar-refractivity contribution in [3.05, 3.63) is 35.4 Å². The average molecular weight is 233 g/mol. The summed E-state index contributed by atoms with van der Waals surface area (Å²) in [4.78, 5) is 0. The largest absolute Gasteiger partial charge is 0.207 e. The van der Waals surface area contributed by atoms with Gasteiger partial charge in [0.25, 0.3) is 0 Å². The molecule has 0 saturated carbocycles. The Kier molecular flexibility index (Phi) is 5.03. The Morgan fingerprint density at radius 2 is 2.00 bits per heavy atom. The Morgan fingerprint density at radius 1 is 1.27 bits per heavy atom. The maximum Gasteiger partial charge on any atom is 0.126 e. The first-order chi connectivity index (χ1) is 7.13. The van der Waals surface area contributed by atoms with Crippen LogP contribution in [0, 0.1) is 11.6 Å². The van der Waals surface area contributed by atoms with Gasteiger partial charge < -0.3 is 0 Å². The lowest BCUT2D eigenvalue weighted by Gasteiger charge is -2.08. The van der Waals surface area contributed by atoms with E-state index in [2.05, 4.69) is 6.92 Å². The van der Waals surface area contributed by atoms with Gasteiger partial charge >= 0.3 is 0 Å². The minimum Gasteiger partial charge on any atom is -0.207 e. The highest BCUT2D eigenvalue weighted by atomic mass is 35.5. The topological polar surface area (TPSA) is 0 Å². The third-order valence-electron chi connectivity index (χ3n) is 2.34. The van der Waals surface area contributed by atoms with Crippen LogP contribution in [0.25, 0.3) is 0 Å². The molecule has 0 N–H and O–H groups in total. The van der Waals surface area contributed by atoms with Crippen LogP contribution in [0.15, 0.2) is 18.2 Å². The van der Waals surface area contributed by atoms with E-state index in [-0.39, 0.29) is 11.2 Å². The van der Waals surface area contributed by atoms with E-state index in [0.717, 1.165) is 25.0 Å². The molecule has 15 heavy (non-hydrogen) atoms. The quantitative estimate of drug-likeness (QED) is 0.664. The van der Waals surface area contributed by atoms with Crippen LogP contribution in [0.4, 0.5) is 8.78 Å². The van der Waals surface area contributed by atoms with Crippen molar-refractivity contribution in [1.29, 1.82) is 0 Å². The van der Waals surface area contributed by atoms with E-state index in [1.807, 2.05) is 0 Å². The van der Waals surface area contributed by atoms with Crippen LogP contribution in [-0.2, 0) is 6.42 Å². The molecule has 0 spiro atoms. The lowest BCUT2D eigenvalue weighted by Crippen LogP contribution is -2.01. The molecule has 0 nitrogen and oxygen atoms in total. The molecule has 0 aliphatic carbocycles. The molecule has 1 aromatic carbocycles. The molecular formula is C12H15ClF2. The van der Waals surface area contributed by atoms with E-state index >= 15 is 0 Å². The number of aryl methyl sites for hydroxylation is 1. The zero-order valence-corrected chi connectivity index (χ0v) is 9.53. The lowest BCUT2D eigenvalue weighted by atomic mass is 10.1. The molecule has 84 valence electrons. The second-order valence-electron chi connectivity index (χ2n) is 3.66. The van der Waals surface area contributed by atoms with Crippen LogP contribution in [0.3, 0.4) is 0 Å². The van der Waals surface area contributed by atoms with Gasteiger partial charge in [-0.3, -0.25) is 0 Å². The highest BCUT2D eigenvalue weighted by Crippen LogP contribution is 2.16. The van der Waals surface area contributed by atoms with Crippen LogP contribution in [0.2, 0.25) is 0 Å². The summed E-state index contributed by atoms with van der Waals surface area (Å²) in [5.41, 5.74) is 0.414. The van der Waals surface area contributed by atoms with Crippen molar-refractivity contribution >= 4 is 11.6 Å². The monoisotopic (exact) mass is 232 g/mol. The van der Waals surface area contributed by atoms with Crippen LogP contribution in [0.5, 0.6) is 0 Å². The summed E-state index contributed by atoms with van der Waals surface area (Å²) in [6, 6.07) is 3.53. The van der Waals surface area contributed by atoms with Crippen molar-refractivity contribution in [3.63, 3.8) is 0 Å². The first kappa shape index (κ1) is 12.4. The van der Waals surface area contributed by atoms with Gasteiger partial charge in [0.05, 0.1) is 0 Å². The van der Waals surface area contributed by atoms with Crippen molar-refractivity contribution in [3.8, 4) is 0 Å². The van der Waals surface area contributed by atoms with Gasteiger partial charge in [-0.2, -0.15) is 0 Å². The summed E-state index contributed by atoms with van der Waals surface area (Å²) in [5.74, 6) is -0.746. The van der Waals surface area contributed by atoms with Crippen molar-refractivity contribution in [2.24, 2.45) is 0 Å². The molecule has 1 aromatic rings. The Morgan fingerprint density at radius 3 is 2.67 bits per heavy atom. The molecule has 0 aliphatic rings. The summed E-state index contributed by atoms with van der Waals surface area (Å²) < 4.78 is 26.0. The van der Waals surface area contributed by atoms with Crippen LogP contribution in [0.1, 0.15) is 31.7 Å². The number of benzene rings is 1. The third-order valence-corrected chi connectivity index (χ3v) is 2.77. The zero-order chi connectivity index (χ0) is 11.3. The molecule has 1 rings (SSSR count). The fourth-order valence-corrected chi connectivity index (χ4v) is 1.83. The maximum atomic E-state index is 13.2. The highest BCUT2D eigenvalue weighted by Gasteiger charge is 2.07. The summed E-state index contributed by atoms with van der Waals surface area (Å²) in [6.45, 7) is 2.05. The van der Waals surface area contributed by atoms with Gasteiger partial charge in [0.2, 0.25) is 0 Å². The SMILES string of the molecule is CCCC(Cl)CCc1cc(F)ccc1F. The van der Waals surface area contributed by atoms with Crippen LogP contribution >= 0.6 is 11.6 Å². The van der Waals surface area contributed by atoms with Crippen molar-refractivity contribution in [2.45, 2.75) is 38.0 Å². The average Bonchev–Trinajstić information content (AvgIpc) is 2.20. The minimum absolute atomic E-state index is 0.0534. The second kappa shape index (κ2) is 6.06. The Balaban J connectivity index is 2.53. The fraction of sp³-hybridized carbons (Fsp3) is 0.500. The molecule has 0 heterocycles. The van der Waals surface area contributed by atoms with Crippen molar-refractivity contribution in [1.82, 2.24) is 0 Å². The Labute approximate surface area is 94.3 Å². The number of halogens is 3. The standard InChI is InChI=1S/C12H15ClF2/c1-2-3-10(13)5-4-9-8-11(14)6-7-12(9)15/h6-8,10H,2-5H2,1H3. The molecule has 1 atom stereocenters. The second-order valence-corrected chi connectivity index (χ2v) is 4.28. The fourth-order valence-electron chi connectivity index (χ4n) is 1.50. The lowest BCUT2D eigenvalue weighted by molar-refractivity contribution is 0.575. The number of hydrogen-bond acceptors (Lipinski definition) is 0. The molecule has 1 unspecified atom stereocenters. The van der Waals surface area contributed by atoms with Crippen LogP contribution in [-0.4, -0.2) is 5.38 Å². The first-order valence-corrected chi connectivity index (χ1v) is 5.65. The molecule has 0 aliphatic heterocycles. The van der Waals surface area contributed by atoms with E-state index in [9.17, 15) is 8.78 Å². The van der Waals surface area contributed by atoms with Crippen molar-refractivity contribution in [2.75, 3.05) is 0 Å². The third kappa shape index (κ3) is 4.17. The molecule has 0 fully saturated rings. The van der Waals surface area contributed by atoms with E-state index in [1.165, 1.54) is 6.07 Å². The van der Waals surface area contributed by atoms with Gasteiger partial charge in [-0.05, 0) is 43.0 Å². The minimum atomic E-state index is -0.395. The van der Waals surface area contributed by atoms with E-state index in [0.29, 0.717) is 18.4 Å². The molecular weight excluding hydrogens is 218 g/mol. The smallest absolute Gasteiger partial charge is 0.126 e. The predicted molar refractivity (Wildman–Crippen MR) is 59.2 cm³/mol. The molecule has 0 radical (unpaired) electrons. The number of alkyl halides is 1. The van der Waals surface area contributed by atoms with Gasteiger partial charge in [0.1, 0.15) is 11.6 Å². The van der Waals surface area contributed by atoms with Gasteiger partial charge in [-0.25, -0.2) is 8.78 Å².